The summed E-state index contributed by atoms with van der Waals surface area (Å²) < 4.78 is 13.4. The molecule has 0 N–H and O–H groups in total. The molecule has 0 fully saturated rings. The predicted molar refractivity (Wildman–Crippen MR) is 137 cm³/mol. The fraction of sp³-hybridized carbons (Fsp3) is 0.160. The van der Waals surface area contributed by atoms with Gasteiger partial charge in [0.15, 0.2) is 11.5 Å². The van der Waals surface area contributed by atoms with Gasteiger partial charge >= 0.3 is 0 Å². The average molecular weight is 513 g/mol. The molecule has 0 aliphatic carbocycles. The molecule has 3 aromatic carbocycles. The molecular weight excluding hydrogens is 491 g/mol. The third-order valence-corrected chi connectivity index (χ3v) is 6.32. The Labute approximate surface area is 212 Å². The van der Waals surface area contributed by atoms with Gasteiger partial charge in [-0.15, -0.1) is 10.2 Å². The number of halogens is 2. The van der Waals surface area contributed by atoms with E-state index in [4.69, 9.17) is 32.7 Å². The smallest absolute Gasteiger partial charge is 0.212 e. The molecule has 0 unspecified atom stereocenters. The van der Waals surface area contributed by atoms with Gasteiger partial charge in [0, 0.05) is 15.8 Å². The highest BCUT2D eigenvalue weighted by Crippen LogP contribution is 2.29. The first kappa shape index (κ1) is 24.1. The topological polar surface area (TPSA) is 61.5 Å². The molecule has 4 rings (SSSR count). The zero-order valence-corrected chi connectivity index (χ0v) is 20.7. The standard InChI is InChI=1S/C25H22Cl2N4O2S/c1-2-32-24-13-19(9-12-23(24)33-15-18-7-10-21(26)11-8-18)14-29-31-17-28-30-25(31)34-16-20-5-3-4-6-22(20)27/h3-14,17H,2,15-16H2,1H3/b29-14+. The van der Waals surface area contributed by atoms with E-state index in [1.165, 1.54) is 11.8 Å². The summed E-state index contributed by atoms with van der Waals surface area (Å²) in [6.07, 6.45) is 3.30. The minimum Gasteiger partial charge on any atom is -0.490 e. The third-order valence-electron chi connectivity index (χ3n) is 4.72. The molecule has 0 radical (unpaired) electrons. The largest absolute Gasteiger partial charge is 0.490 e. The van der Waals surface area contributed by atoms with E-state index in [9.17, 15) is 0 Å². The highest BCUT2D eigenvalue weighted by atomic mass is 35.5. The van der Waals surface area contributed by atoms with E-state index in [0.717, 1.165) is 21.7 Å². The molecule has 0 aliphatic rings. The van der Waals surface area contributed by atoms with Gasteiger partial charge in [-0.2, -0.15) is 9.78 Å². The van der Waals surface area contributed by atoms with Gasteiger partial charge < -0.3 is 9.47 Å². The molecule has 4 aromatic rings. The van der Waals surface area contributed by atoms with Crippen LogP contribution < -0.4 is 9.47 Å². The van der Waals surface area contributed by atoms with E-state index in [2.05, 4.69) is 15.3 Å². The van der Waals surface area contributed by atoms with Crippen LogP contribution in [0.1, 0.15) is 23.6 Å². The zero-order valence-electron chi connectivity index (χ0n) is 18.4. The number of benzene rings is 3. The van der Waals surface area contributed by atoms with Crippen LogP contribution in [0.25, 0.3) is 0 Å². The molecule has 34 heavy (non-hydrogen) atoms. The minimum atomic E-state index is 0.414. The van der Waals surface area contributed by atoms with Crippen LogP contribution in [-0.4, -0.2) is 27.7 Å². The lowest BCUT2D eigenvalue weighted by atomic mass is 10.2. The average Bonchev–Trinajstić information content (AvgIpc) is 3.30. The van der Waals surface area contributed by atoms with Crippen LogP contribution in [-0.2, 0) is 12.4 Å². The molecule has 0 saturated heterocycles. The monoisotopic (exact) mass is 512 g/mol. The molecule has 174 valence electrons. The lowest BCUT2D eigenvalue weighted by Gasteiger charge is -2.12. The van der Waals surface area contributed by atoms with Crippen molar-refractivity contribution in [3.63, 3.8) is 0 Å². The van der Waals surface area contributed by atoms with E-state index in [-0.39, 0.29) is 0 Å². The Balaban J connectivity index is 1.44. The van der Waals surface area contributed by atoms with Gasteiger partial charge in [0.2, 0.25) is 5.16 Å². The van der Waals surface area contributed by atoms with Crippen LogP contribution in [0, 0.1) is 0 Å². The van der Waals surface area contributed by atoms with Gasteiger partial charge in [0.05, 0.1) is 12.8 Å². The van der Waals surface area contributed by atoms with Crippen LogP contribution in [0.4, 0.5) is 0 Å². The Morgan fingerprint density at radius 2 is 1.82 bits per heavy atom. The lowest BCUT2D eigenvalue weighted by Crippen LogP contribution is -2.00. The Morgan fingerprint density at radius 3 is 2.62 bits per heavy atom. The second-order valence-corrected chi connectivity index (χ2v) is 8.92. The summed E-state index contributed by atoms with van der Waals surface area (Å²) in [7, 11) is 0. The number of hydrogen-bond donors (Lipinski definition) is 0. The summed E-state index contributed by atoms with van der Waals surface area (Å²) in [6.45, 7) is 2.87. The van der Waals surface area contributed by atoms with Crippen molar-refractivity contribution in [2.24, 2.45) is 5.10 Å². The number of nitrogens with zero attached hydrogens (tertiary/aromatic N) is 4. The molecular formula is C25H22Cl2N4O2S. The molecule has 6 nitrogen and oxygen atoms in total. The molecule has 0 spiro atoms. The van der Waals surface area contributed by atoms with Crippen molar-refractivity contribution in [3.8, 4) is 11.5 Å². The molecule has 1 heterocycles. The molecule has 0 bridgehead atoms. The molecule has 0 amide bonds. The Kier molecular flexibility index (Phi) is 8.46. The van der Waals surface area contributed by atoms with E-state index >= 15 is 0 Å². The number of aromatic nitrogens is 3. The molecule has 9 heteroatoms. The first-order valence-electron chi connectivity index (χ1n) is 10.6. The fourth-order valence-corrected chi connectivity index (χ4v) is 4.29. The van der Waals surface area contributed by atoms with Crippen LogP contribution in [0.5, 0.6) is 11.5 Å². The molecule has 0 aliphatic heterocycles. The lowest BCUT2D eigenvalue weighted by molar-refractivity contribution is 0.269. The highest BCUT2D eigenvalue weighted by molar-refractivity contribution is 7.98. The van der Waals surface area contributed by atoms with Crippen molar-refractivity contribution in [1.82, 2.24) is 14.9 Å². The highest BCUT2D eigenvalue weighted by Gasteiger charge is 2.09. The van der Waals surface area contributed by atoms with Gasteiger partial charge in [-0.05, 0) is 60.0 Å². The Hall–Kier alpha value is -3.00. The SMILES string of the molecule is CCOc1cc(/C=N/n2cnnc2SCc2ccccc2Cl)ccc1OCc1ccc(Cl)cc1. The van der Waals surface area contributed by atoms with E-state index in [0.29, 0.717) is 40.6 Å². The van der Waals surface area contributed by atoms with Crippen molar-refractivity contribution in [2.45, 2.75) is 24.4 Å². The van der Waals surface area contributed by atoms with Crippen LogP contribution in [0.3, 0.4) is 0 Å². The van der Waals surface area contributed by atoms with E-state index in [1.54, 1.807) is 17.2 Å². The van der Waals surface area contributed by atoms with Crippen molar-refractivity contribution in [3.05, 3.63) is 99.8 Å². The van der Waals surface area contributed by atoms with Gasteiger partial charge in [-0.25, -0.2) is 0 Å². The summed E-state index contributed by atoms with van der Waals surface area (Å²) >= 11 is 13.7. The fourth-order valence-electron chi connectivity index (χ4n) is 3.01. The van der Waals surface area contributed by atoms with Gasteiger partial charge in [-0.1, -0.05) is 65.3 Å². The summed E-state index contributed by atoms with van der Waals surface area (Å²) in [5.74, 6) is 1.98. The maximum Gasteiger partial charge on any atom is 0.212 e. The second kappa shape index (κ2) is 11.9. The van der Waals surface area contributed by atoms with Crippen LogP contribution in [0.2, 0.25) is 10.0 Å². The molecule has 1 aromatic heterocycles. The summed E-state index contributed by atoms with van der Waals surface area (Å²) in [4.78, 5) is 0. The molecule has 0 saturated carbocycles. The summed E-state index contributed by atoms with van der Waals surface area (Å²) in [5.41, 5.74) is 2.91. The normalized spacial score (nSPS) is 11.1. The summed E-state index contributed by atoms with van der Waals surface area (Å²) in [6, 6.07) is 21.0. The first-order valence-corrected chi connectivity index (χ1v) is 12.3. The maximum atomic E-state index is 6.25. The van der Waals surface area contributed by atoms with Gasteiger partial charge in [-0.3, -0.25) is 0 Å². The number of thioether (sulfide) groups is 1. The van der Waals surface area contributed by atoms with Crippen LogP contribution in [0.15, 0.2) is 83.3 Å². The van der Waals surface area contributed by atoms with Gasteiger partial charge in [0.1, 0.15) is 12.9 Å². The third kappa shape index (κ3) is 6.53. The van der Waals surface area contributed by atoms with E-state index in [1.807, 2.05) is 73.7 Å². The van der Waals surface area contributed by atoms with Crippen molar-refractivity contribution in [1.29, 1.82) is 0 Å². The molecule has 0 atom stereocenters. The quantitative estimate of drug-likeness (QED) is 0.174. The predicted octanol–water partition coefficient (Wildman–Crippen LogP) is 6.74. The van der Waals surface area contributed by atoms with Gasteiger partial charge in [0.25, 0.3) is 0 Å². The number of hydrogen-bond acceptors (Lipinski definition) is 6. The van der Waals surface area contributed by atoms with Crippen LogP contribution >= 0.6 is 35.0 Å². The van der Waals surface area contributed by atoms with Crippen molar-refractivity contribution < 1.29 is 9.47 Å². The Bertz CT molecular complexity index is 1260. The second-order valence-electron chi connectivity index (χ2n) is 7.14. The first-order chi connectivity index (χ1) is 16.6. The Morgan fingerprint density at radius 1 is 1.00 bits per heavy atom. The zero-order chi connectivity index (χ0) is 23.8. The number of ether oxygens (including phenoxy) is 2. The summed E-state index contributed by atoms with van der Waals surface area (Å²) in [5, 5.41) is 14.7. The van der Waals surface area contributed by atoms with E-state index < -0.39 is 0 Å². The van der Waals surface area contributed by atoms with Crippen molar-refractivity contribution in [2.75, 3.05) is 6.61 Å². The number of rotatable bonds is 10. The minimum absolute atomic E-state index is 0.414. The van der Waals surface area contributed by atoms with Crippen molar-refractivity contribution >= 4 is 41.2 Å². The maximum absolute atomic E-state index is 6.25.